The first-order chi connectivity index (χ1) is 13.0. The topological polar surface area (TPSA) is 54.3 Å². The molecule has 0 aromatic heterocycles. The average molecular weight is 364 g/mol. The highest BCUT2D eigenvalue weighted by atomic mass is 16.7. The fraction of sp³-hybridized carbons (Fsp3) is 0.435. The predicted octanol–water partition coefficient (Wildman–Crippen LogP) is 4.69. The van der Waals surface area contributed by atoms with Crippen LogP contribution in [0.3, 0.4) is 0 Å². The lowest BCUT2D eigenvalue weighted by Gasteiger charge is -2.44. The van der Waals surface area contributed by atoms with Crippen LogP contribution in [0.25, 0.3) is 0 Å². The molecule has 2 aromatic carbocycles. The molecule has 1 saturated heterocycles. The number of nitrogens with one attached hydrogen (secondary N) is 1. The molecule has 1 heterocycles. The summed E-state index contributed by atoms with van der Waals surface area (Å²) in [5.74, 6) is -0.661. The van der Waals surface area contributed by atoms with E-state index >= 15 is 0 Å². The molecule has 0 saturated carbocycles. The van der Waals surface area contributed by atoms with E-state index in [2.05, 4.69) is 30.4 Å². The summed E-state index contributed by atoms with van der Waals surface area (Å²) in [7, 11) is 0. The number of ether oxygens (including phenoxy) is 2. The number of nitriles is 1. The first-order valence-corrected chi connectivity index (χ1v) is 9.61. The fourth-order valence-corrected chi connectivity index (χ4v) is 3.73. The zero-order valence-electron chi connectivity index (χ0n) is 16.3. The molecule has 0 radical (unpaired) electrons. The van der Waals surface area contributed by atoms with Gasteiger partial charge in [0.25, 0.3) is 0 Å². The molecule has 3 rings (SSSR count). The molecular weight excluding hydrogens is 336 g/mol. The molecule has 4 heteroatoms. The highest BCUT2D eigenvalue weighted by molar-refractivity contribution is 5.32. The lowest BCUT2D eigenvalue weighted by molar-refractivity contribution is -0.286. The molecule has 2 aromatic rings. The smallest absolute Gasteiger partial charge is 0.163 e. The molecule has 1 fully saturated rings. The van der Waals surface area contributed by atoms with Crippen molar-refractivity contribution in [2.24, 2.45) is 0 Å². The van der Waals surface area contributed by atoms with Crippen LogP contribution in [-0.4, -0.2) is 18.4 Å². The number of hydrogen-bond acceptors (Lipinski definition) is 4. The van der Waals surface area contributed by atoms with Gasteiger partial charge in [0.1, 0.15) is 11.6 Å². The molecule has 0 amide bonds. The summed E-state index contributed by atoms with van der Waals surface area (Å²) in [6.45, 7) is 6.44. The Bertz CT molecular complexity index is 770. The summed E-state index contributed by atoms with van der Waals surface area (Å²) in [4.78, 5) is 0. The van der Waals surface area contributed by atoms with E-state index in [0.717, 1.165) is 24.0 Å². The van der Waals surface area contributed by atoms with Crippen molar-refractivity contribution in [3.63, 3.8) is 0 Å². The molecule has 0 spiro atoms. The van der Waals surface area contributed by atoms with E-state index in [1.807, 2.05) is 62.4 Å². The molecule has 142 valence electrons. The minimum atomic E-state index is -0.776. The van der Waals surface area contributed by atoms with E-state index in [1.54, 1.807) is 0 Å². The van der Waals surface area contributed by atoms with E-state index in [0.29, 0.717) is 6.61 Å². The van der Waals surface area contributed by atoms with Gasteiger partial charge in [0.05, 0.1) is 18.7 Å². The van der Waals surface area contributed by atoms with E-state index in [1.165, 1.54) is 0 Å². The Morgan fingerprint density at radius 1 is 1.11 bits per heavy atom. The molecule has 1 N–H and O–H groups in total. The Hall–Kier alpha value is -2.19. The summed E-state index contributed by atoms with van der Waals surface area (Å²) in [5.41, 5.74) is 1.29. The van der Waals surface area contributed by atoms with Crippen molar-refractivity contribution in [1.29, 1.82) is 5.26 Å². The maximum Gasteiger partial charge on any atom is 0.163 e. The Kier molecular flexibility index (Phi) is 5.96. The van der Waals surface area contributed by atoms with Crippen molar-refractivity contribution in [3.8, 4) is 6.07 Å². The molecular formula is C23H28N2O2. The van der Waals surface area contributed by atoms with Crippen molar-refractivity contribution in [2.75, 3.05) is 6.61 Å². The van der Waals surface area contributed by atoms with Gasteiger partial charge < -0.3 is 9.47 Å². The third-order valence-corrected chi connectivity index (χ3v) is 5.03. The SMILES string of the molecule is CCC[C@@](C#N)(N[C@H]1COC(C)(C)O[C@H]1c1ccccc1)c1ccccc1. The summed E-state index contributed by atoms with van der Waals surface area (Å²) < 4.78 is 12.2. The predicted molar refractivity (Wildman–Crippen MR) is 106 cm³/mol. The minimum absolute atomic E-state index is 0.133. The Morgan fingerprint density at radius 2 is 1.74 bits per heavy atom. The van der Waals surface area contributed by atoms with Crippen LogP contribution >= 0.6 is 0 Å². The second-order valence-corrected chi connectivity index (χ2v) is 7.54. The van der Waals surface area contributed by atoms with Gasteiger partial charge in [0.2, 0.25) is 0 Å². The Labute approximate surface area is 162 Å². The first kappa shape index (κ1) is 19.6. The van der Waals surface area contributed by atoms with E-state index < -0.39 is 11.3 Å². The van der Waals surface area contributed by atoms with Crippen LogP contribution < -0.4 is 5.32 Å². The third-order valence-electron chi connectivity index (χ3n) is 5.03. The normalized spacial score (nSPS) is 23.9. The fourth-order valence-electron chi connectivity index (χ4n) is 3.73. The maximum absolute atomic E-state index is 10.2. The molecule has 3 atom stereocenters. The van der Waals surface area contributed by atoms with Crippen molar-refractivity contribution >= 4 is 0 Å². The van der Waals surface area contributed by atoms with E-state index in [-0.39, 0.29) is 12.1 Å². The largest absolute Gasteiger partial charge is 0.349 e. The highest BCUT2D eigenvalue weighted by Gasteiger charge is 2.42. The summed E-state index contributed by atoms with van der Waals surface area (Å²) in [6.07, 6.45) is 1.42. The lowest BCUT2D eigenvalue weighted by Crippen LogP contribution is -2.56. The summed E-state index contributed by atoms with van der Waals surface area (Å²) in [6, 6.07) is 22.5. The number of hydrogen-bond donors (Lipinski definition) is 1. The average Bonchev–Trinajstić information content (AvgIpc) is 2.70. The lowest BCUT2D eigenvalue weighted by atomic mass is 9.85. The monoisotopic (exact) mass is 364 g/mol. The Balaban J connectivity index is 1.95. The summed E-state index contributed by atoms with van der Waals surface area (Å²) in [5, 5.41) is 13.8. The summed E-state index contributed by atoms with van der Waals surface area (Å²) >= 11 is 0. The molecule has 0 bridgehead atoms. The molecule has 4 nitrogen and oxygen atoms in total. The van der Waals surface area contributed by atoms with Crippen molar-refractivity contribution < 1.29 is 9.47 Å². The van der Waals surface area contributed by atoms with Crippen LogP contribution in [0.4, 0.5) is 0 Å². The van der Waals surface area contributed by atoms with Gasteiger partial charge in [-0.25, -0.2) is 0 Å². The van der Waals surface area contributed by atoms with Crippen LogP contribution in [0, 0.1) is 11.3 Å². The first-order valence-electron chi connectivity index (χ1n) is 9.61. The Morgan fingerprint density at radius 3 is 2.33 bits per heavy atom. The minimum Gasteiger partial charge on any atom is -0.349 e. The van der Waals surface area contributed by atoms with E-state index in [4.69, 9.17) is 9.47 Å². The van der Waals surface area contributed by atoms with Gasteiger partial charge in [0.15, 0.2) is 5.79 Å². The standard InChI is InChI=1S/C23H28N2O2/c1-4-15-23(17-24,19-13-9-6-10-14-19)25-20-16-26-22(2,3)27-21(20)18-11-7-5-8-12-18/h5-14,20-21,25H,4,15-16H2,1-3H3/t20-,21-,23-/m0/s1. The molecule has 1 aliphatic rings. The van der Waals surface area contributed by atoms with Crippen LogP contribution in [0.2, 0.25) is 0 Å². The van der Waals surface area contributed by atoms with Crippen molar-refractivity contribution in [3.05, 3.63) is 71.8 Å². The van der Waals surface area contributed by atoms with Gasteiger partial charge in [-0.15, -0.1) is 0 Å². The van der Waals surface area contributed by atoms with Gasteiger partial charge >= 0.3 is 0 Å². The number of nitrogens with zero attached hydrogens (tertiary/aromatic N) is 1. The second kappa shape index (κ2) is 8.22. The van der Waals surface area contributed by atoms with Gasteiger partial charge in [-0.3, -0.25) is 5.32 Å². The van der Waals surface area contributed by atoms with Crippen LogP contribution in [0.1, 0.15) is 50.8 Å². The van der Waals surface area contributed by atoms with Gasteiger partial charge in [-0.05, 0) is 31.4 Å². The van der Waals surface area contributed by atoms with Crippen molar-refractivity contribution in [1.82, 2.24) is 5.32 Å². The zero-order valence-corrected chi connectivity index (χ0v) is 16.3. The molecule has 0 unspecified atom stereocenters. The number of rotatable bonds is 6. The molecule has 0 aliphatic carbocycles. The van der Waals surface area contributed by atoms with Crippen LogP contribution in [-0.2, 0) is 15.0 Å². The van der Waals surface area contributed by atoms with Crippen LogP contribution in [0.5, 0.6) is 0 Å². The van der Waals surface area contributed by atoms with E-state index in [9.17, 15) is 5.26 Å². The van der Waals surface area contributed by atoms with Gasteiger partial charge in [0, 0.05) is 0 Å². The van der Waals surface area contributed by atoms with Crippen LogP contribution in [0.15, 0.2) is 60.7 Å². The number of benzene rings is 2. The van der Waals surface area contributed by atoms with Gasteiger partial charge in [-0.2, -0.15) is 5.26 Å². The second-order valence-electron chi connectivity index (χ2n) is 7.54. The van der Waals surface area contributed by atoms with Gasteiger partial charge in [-0.1, -0.05) is 74.0 Å². The van der Waals surface area contributed by atoms with Crippen molar-refractivity contribution in [2.45, 2.75) is 57.1 Å². The zero-order chi connectivity index (χ0) is 19.3. The molecule has 27 heavy (non-hydrogen) atoms. The third kappa shape index (κ3) is 4.39. The maximum atomic E-state index is 10.2. The molecule has 1 aliphatic heterocycles. The highest BCUT2D eigenvalue weighted by Crippen LogP contribution is 2.36. The quantitative estimate of drug-likeness (QED) is 0.808.